The van der Waals surface area contributed by atoms with Gasteiger partial charge >= 0.3 is 24.2 Å². The zero-order valence-electron chi connectivity index (χ0n) is 19.2. The second kappa shape index (κ2) is 10.3. The first-order valence-corrected chi connectivity index (χ1v) is 11.2. The molecule has 2 N–H and O–H groups in total. The van der Waals surface area contributed by atoms with E-state index >= 15 is 0 Å². The molecule has 2 aromatic carbocycles. The lowest BCUT2D eigenvalue weighted by Gasteiger charge is -2.15. The number of aliphatic carboxylic acids is 1. The number of aromatic nitrogens is 1. The minimum atomic E-state index is -4.61. The Hall–Kier alpha value is -4.35. The fraction of sp³-hybridized carbons (Fsp3) is 0.280. The molecule has 3 aromatic rings. The Morgan fingerprint density at radius 2 is 1.86 bits per heavy atom. The summed E-state index contributed by atoms with van der Waals surface area (Å²) in [6.45, 7) is -0.189. The molecule has 1 fully saturated rings. The summed E-state index contributed by atoms with van der Waals surface area (Å²) in [5, 5.41) is 9.14. The predicted molar refractivity (Wildman–Crippen MR) is 125 cm³/mol. The summed E-state index contributed by atoms with van der Waals surface area (Å²) < 4.78 is 50.6. The number of H-pyrrole nitrogens is 1. The number of fused-ring (bicyclic) bond motifs is 1. The molecule has 12 heteroatoms. The summed E-state index contributed by atoms with van der Waals surface area (Å²) in [5.41, 5.74) is -1.35. The van der Waals surface area contributed by atoms with Crippen molar-refractivity contribution in [1.82, 2.24) is 4.98 Å². The van der Waals surface area contributed by atoms with E-state index < -0.39 is 41.4 Å². The monoisotopic (exact) mass is 518 g/mol. The number of ether oxygens (including phenoxy) is 2. The number of anilines is 1. The van der Waals surface area contributed by atoms with Crippen molar-refractivity contribution in [1.29, 1.82) is 0 Å². The number of carboxylic acid groups (broad SMARTS) is 1. The van der Waals surface area contributed by atoms with Crippen molar-refractivity contribution in [3.63, 3.8) is 0 Å². The van der Waals surface area contributed by atoms with Gasteiger partial charge in [0.15, 0.2) is 6.10 Å². The van der Waals surface area contributed by atoms with Gasteiger partial charge in [-0.15, -0.1) is 0 Å². The number of cyclic esters (lactones) is 1. The standard InChI is InChI=1S/C25H21F3N2O7/c26-25(27,28)19-5-2-1-4-17(19)20-10-14-8-9-15(11-18(14)23(34)29-20)30-12-16(37-24(30)35)13-36-22(33)7-3-6-21(31)32/h1-2,4-5,8-11,16H,3,6-7,12-13H2,(H,29,34)(H,31,32)/t16-/m0/s1. The number of nitrogens with zero attached hydrogens (tertiary/aromatic N) is 1. The van der Waals surface area contributed by atoms with Crippen LogP contribution < -0.4 is 10.5 Å². The first-order chi connectivity index (χ1) is 17.5. The van der Waals surface area contributed by atoms with Crippen molar-refractivity contribution in [2.24, 2.45) is 0 Å². The molecule has 9 nitrogen and oxygen atoms in total. The number of carbonyl (C=O) groups excluding carboxylic acids is 2. The van der Waals surface area contributed by atoms with Gasteiger partial charge in [0, 0.05) is 35.2 Å². The number of esters is 1. The van der Waals surface area contributed by atoms with Crippen molar-refractivity contribution < 1.29 is 42.1 Å². The van der Waals surface area contributed by atoms with E-state index in [9.17, 15) is 32.3 Å². The molecule has 0 spiro atoms. The van der Waals surface area contributed by atoms with Crippen LogP contribution in [-0.4, -0.2) is 47.4 Å². The molecule has 0 unspecified atom stereocenters. The van der Waals surface area contributed by atoms with E-state index in [0.29, 0.717) is 11.1 Å². The van der Waals surface area contributed by atoms with Crippen molar-refractivity contribution in [3.05, 3.63) is 64.4 Å². The maximum absolute atomic E-state index is 13.4. The van der Waals surface area contributed by atoms with Crippen molar-refractivity contribution >= 4 is 34.5 Å². The van der Waals surface area contributed by atoms with Crippen LogP contribution in [0.15, 0.2) is 53.3 Å². The number of pyridine rings is 1. The summed E-state index contributed by atoms with van der Waals surface area (Å²) >= 11 is 0. The average molecular weight is 518 g/mol. The fourth-order valence-electron chi connectivity index (χ4n) is 3.99. The molecule has 1 aliphatic heterocycles. The third-order valence-corrected chi connectivity index (χ3v) is 5.74. The number of halogens is 3. The normalized spacial score (nSPS) is 15.6. The highest BCUT2D eigenvalue weighted by atomic mass is 19.4. The molecule has 1 saturated heterocycles. The molecule has 4 rings (SSSR count). The number of nitrogens with one attached hydrogen (secondary N) is 1. The maximum atomic E-state index is 13.4. The van der Waals surface area contributed by atoms with E-state index in [1.807, 2.05) is 0 Å². The van der Waals surface area contributed by atoms with Crippen LogP contribution in [0.4, 0.5) is 23.7 Å². The number of carbonyl (C=O) groups is 3. The third-order valence-electron chi connectivity index (χ3n) is 5.74. The number of hydrogen-bond acceptors (Lipinski definition) is 6. The summed E-state index contributed by atoms with van der Waals surface area (Å²) in [7, 11) is 0. The lowest BCUT2D eigenvalue weighted by Crippen LogP contribution is -2.26. The Balaban J connectivity index is 1.50. The molecule has 37 heavy (non-hydrogen) atoms. The lowest BCUT2D eigenvalue weighted by molar-refractivity contribution is -0.146. The van der Waals surface area contributed by atoms with Gasteiger partial charge in [0.25, 0.3) is 5.56 Å². The minimum absolute atomic E-state index is 0.00370. The second-order valence-electron chi connectivity index (χ2n) is 8.37. The summed E-state index contributed by atoms with van der Waals surface area (Å²) in [6, 6.07) is 10.8. The molecular formula is C25H21F3N2O7. The molecule has 0 radical (unpaired) electrons. The van der Waals surface area contributed by atoms with Crippen LogP contribution in [0.1, 0.15) is 24.8 Å². The lowest BCUT2D eigenvalue weighted by atomic mass is 10.0. The number of rotatable bonds is 8. The zero-order chi connectivity index (χ0) is 26.7. The van der Waals surface area contributed by atoms with E-state index in [0.717, 1.165) is 6.07 Å². The Morgan fingerprint density at radius 1 is 1.11 bits per heavy atom. The Labute approximate surface area is 207 Å². The largest absolute Gasteiger partial charge is 0.481 e. The Morgan fingerprint density at radius 3 is 2.59 bits per heavy atom. The van der Waals surface area contributed by atoms with Gasteiger partial charge in [-0.2, -0.15) is 13.2 Å². The fourth-order valence-corrected chi connectivity index (χ4v) is 3.99. The van der Waals surface area contributed by atoms with Crippen molar-refractivity contribution in [2.45, 2.75) is 31.5 Å². The average Bonchev–Trinajstić information content (AvgIpc) is 3.22. The highest BCUT2D eigenvalue weighted by Gasteiger charge is 2.35. The molecule has 194 valence electrons. The smallest absolute Gasteiger partial charge is 0.417 e. The minimum Gasteiger partial charge on any atom is -0.481 e. The molecule has 1 aliphatic rings. The molecule has 1 amide bonds. The number of hydrogen-bond donors (Lipinski definition) is 2. The van der Waals surface area contributed by atoms with Crippen LogP contribution in [0.5, 0.6) is 0 Å². The van der Waals surface area contributed by atoms with Gasteiger partial charge in [0.1, 0.15) is 6.61 Å². The van der Waals surface area contributed by atoms with Crippen LogP contribution in [0, 0.1) is 0 Å². The van der Waals surface area contributed by atoms with E-state index in [1.54, 1.807) is 0 Å². The van der Waals surface area contributed by atoms with Crippen LogP contribution >= 0.6 is 0 Å². The van der Waals surface area contributed by atoms with Gasteiger partial charge in [0.2, 0.25) is 0 Å². The van der Waals surface area contributed by atoms with Crippen LogP contribution in [0.3, 0.4) is 0 Å². The molecule has 0 aliphatic carbocycles. The molecule has 0 saturated carbocycles. The second-order valence-corrected chi connectivity index (χ2v) is 8.37. The Bertz CT molecular complexity index is 1420. The van der Waals surface area contributed by atoms with Crippen LogP contribution in [0.2, 0.25) is 0 Å². The summed E-state index contributed by atoms with van der Waals surface area (Å²) in [6.07, 6.45) is -6.23. The number of aromatic amines is 1. The predicted octanol–water partition coefficient (Wildman–Crippen LogP) is 4.34. The summed E-state index contributed by atoms with van der Waals surface area (Å²) in [5.74, 6) is -1.64. The van der Waals surface area contributed by atoms with Crippen molar-refractivity contribution in [3.8, 4) is 11.3 Å². The van der Waals surface area contributed by atoms with Gasteiger partial charge in [-0.05, 0) is 36.1 Å². The van der Waals surface area contributed by atoms with Gasteiger partial charge in [-0.25, -0.2) is 4.79 Å². The molecule has 2 heterocycles. The first-order valence-electron chi connectivity index (χ1n) is 11.2. The SMILES string of the molecule is O=C(O)CCCC(=O)OC[C@@H]1CN(c2ccc3cc(-c4ccccc4C(F)(F)F)[nH]c(=O)c3c2)C(=O)O1. The topological polar surface area (TPSA) is 126 Å². The number of benzene rings is 2. The van der Waals surface area contributed by atoms with Crippen molar-refractivity contribution in [2.75, 3.05) is 18.1 Å². The number of alkyl halides is 3. The third kappa shape index (κ3) is 5.90. The highest BCUT2D eigenvalue weighted by molar-refractivity contribution is 5.94. The number of carboxylic acids is 1. The van der Waals surface area contributed by atoms with Gasteiger partial charge in [-0.1, -0.05) is 24.3 Å². The van der Waals surface area contributed by atoms with Gasteiger partial charge in [0.05, 0.1) is 12.1 Å². The molecular weight excluding hydrogens is 497 g/mol. The van der Waals surface area contributed by atoms with E-state index in [-0.39, 0.29) is 49.1 Å². The van der Waals surface area contributed by atoms with Gasteiger partial charge in [-0.3, -0.25) is 19.3 Å². The molecule has 1 atom stereocenters. The molecule has 1 aromatic heterocycles. The first kappa shape index (κ1) is 25.7. The van der Waals surface area contributed by atoms with E-state index in [1.165, 1.54) is 47.4 Å². The van der Waals surface area contributed by atoms with Crippen LogP contribution in [-0.2, 0) is 25.2 Å². The number of amides is 1. The molecule has 0 bridgehead atoms. The highest BCUT2D eigenvalue weighted by Crippen LogP contribution is 2.36. The van der Waals surface area contributed by atoms with E-state index in [4.69, 9.17) is 14.6 Å². The quantitative estimate of drug-likeness (QED) is 0.425. The maximum Gasteiger partial charge on any atom is 0.417 e. The van der Waals surface area contributed by atoms with Crippen LogP contribution in [0.25, 0.3) is 22.0 Å². The van der Waals surface area contributed by atoms with Gasteiger partial charge < -0.3 is 19.6 Å². The Kier molecular flexibility index (Phi) is 7.18. The zero-order valence-corrected chi connectivity index (χ0v) is 19.2. The van der Waals surface area contributed by atoms with E-state index in [2.05, 4.69) is 4.98 Å². The summed E-state index contributed by atoms with van der Waals surface area (Å²) in [4.78, 5) is 51.1.